The number of nitrogens with one attached hydrogen (secondary N) is 2. The van der Waals surface area contributed by atoms with E-state index in [9.17, 15) is 0 Å². The first-order valence-corrected chi connectivity index (χ1v) is 11.4. The first-order valence-electron chi connectivity index (χ1n) is 11.4. The lowest BCUT2D eigenvalue weighted by Gasteiger charge is -2.07. The van der Waals surface area contributed by atoms with Gasteiger partial charge in [0.2, 0.25) is 0 Å². The van der Waals surface area contributed by atoms with Gasteiger partial charge in [0.05, 0.1) is 0 Å². The minimum Gasteiger partial charge on any atom is -0.258 e. The lowest BCUT2D eigenvalue weighted by molar-refractivity contribution is 0.478. The van der Waals surface area contributed by atoms with Gasteiger partial charge in [0, 0.05) is 13.1 Å². The average Bonchev–Trinajstić information content (AvgIpc) is 2.60. The molecule has 2 nitrogen and oxygen atoms in total. The number of hydrogen-bond acceptors (Lipinski definition) is 2. The Morgan fingerprint density at radius 1 is 0.333 bits per heavy atom. The van der Waals surface area contributed by atoms with E-state index in [1.807, 2.05) is 0 Å². The van der Waals surface area contributed by atoms with Gasteiger partial charge in [-0.1, -0.05) is 117 Å². The number of hydrazine groups is 1. The standard InChI is InChI=1S/C22H48N2/c1-3-5-7-9-11-13-14-16-18-20-22-24-23-21-19-17-15-12-10-8-6-4-2/h23-24H,3-22H2,1-2H3. The largest absolute Gasteiger partial charge is 0.258 e. The summed E-state index contributed by atoms with van der Waals surface area (Å²) in [6.07, 6.45) is 25.4. The Labute approximate surface area is 153 Å². The van der Waals surface area contributed by atoms with Gasteiger partial charge in [0.1, 0.15) is 0 Å². The summed E-state index contributed by atoms with van der Waals surface area (Å²) in [5, 5.41) is 0. The Bertz CT molecular complexity index is 184. The van der Waals surface area contributed by atoms with Crippen LogP contribution in [0.2, 0.25) is 0 Å². The zero-order valence-electron chi connectivity index (χ0n) is 17.1. The fraction of sp³-hybridized carbons (Fsp3) is 1.00. The zero-order chi connectivity index (χ0) is 17.6. The van der Waals surface area contributed by atoms with E-state index in [0.717, 1.165) is 13.1 Å². The molecule has 0 radical (unpaired) electrons. The molecule has 0 fully saturated rings. The molecule has 0 aliphatic heterocycles. The molecule has 0 heterocycles. The number of rotatable bonds is 21. The lowest BCUT2D eigenvalue weighted by atomic mass is 10.1. The summed E-state index contributed by atoms with van der Waals surface area (Å²) in [4.78, 5) is 0. The van der Waals surface area contributed by atoms with Crippen molar-refractivity contribution >= 4 is 0 Å². The van der Waals surface area contributed by atoms with Crippen LogP contribution >= 0.6 is 0 Å². The molecule has 2 N–H and O–H groups in total. The van der Waals surface area contributed by atoms with Gasteiger partial charge < -0.3 is 0 Å². The number of unbranched alkanes of at least 4 members (excludes halogenated alkanes) is 16. The van der Waals surface area contributed by atoms with Gasteiger partial charge in [-0.2, -0.15) is 0 Å². The SMILES string of the molecule is CCCCCCCCCCCCNNCCCCCCCCCC. The molecule has 0 atom stereocenters. The summed E-state index contributed by atoms with van der Waals surface area (Å²) in [6.45, 7) is 6.84. The molecule has 0 aromatic heterocycles. The van der Waals surface area contributed by atoms with Crippen LogP contribution in [0.4, 0.5) is 0 Å². The van der Waals surface area contributed by atoms with Crippen molar-refractivity contribution in [2.24, 2.45) is 0 Å². The van der Waals surface area contributed by atoms with Crippen LogP contribution in [0.15, 0.2) is 0 Å². The fourth-order valence-electron chi connectivity index (χ4n) is 3.22. The molecule has 0 bridgehead atoms. The van der Waals surface area contributed by atoms with Gasteiger partial charge >= 0.3 is 0 Å². The van der Waals surface area contributed by atoms with Gasteiger partial charge in [-0.05, 0) is 12.8 Å². The van der Waals surface area contributed by atoms with Gasteiger partial charge in [-0.3, -0.25) is 10.9 Å². The molecule has 0 rings (SSSR count). The highest BCUT2D eigenvalue weighted by Crippen LogP contribution is 2.10. The molecule has 146 valence electrons. The molecule has 0 amide bonds. The third kappa shape index (κ3) is 21.9. The van der Waals surface area contributed by atoms with Crippen molar-refractivity contribution in [3.63, 3.8) is 0 Å². The average molecular weight is 341 g/mol. The minimum absolute atomic E-state index is 1.13. The molecule has 0 saturated heterocycles. The summed E-state index contributed by atoms with van der Waals surface area (Å²) >= 11 is 0. The van der Waals surface area contributed by atoms with E-state index >= 15 is 0 Å². The Morgan fingerprint density at radius 2 is 0.583 bits per heavy atom. The summed E-state index contributed by atoms with van der Waals surface area (Å²) in [5.41, 5.74) is 6.76. The monoisotopic (exact) mass is 340 g/mol. The summed E-state index contributed by atoms with van der Waals surface area (Å²) in [5.74, 6) is 0. The molecule has 0 spiro atoms. The van der Waals surface area contributed by atoms with Crippen LogP contribution in [0.3, 0.4) is 0 Å². The van der Waals surface area contributed by atoms with Crippen LogP contribution in [-0.2, 0) is 0 Å². The Kier molecular flexibility index (Phi) is 22.8. The maximum absolute atomic E-state index is 3.38. The van der Waals surface area contributed by atoms with Crippen LogP contribution in [-0.4, -0.2) is 13.1 Å². The molecule has 0 unspecified atom stereocenters. The Hall–Kier alpha value is -0.0800. The summed E-state index contributed by atoms with van der Waals surface area (Å²) < 4.78 is 0. The second-order valence-corrected chi connectivity index (χ2v) is 7.51. The highest BCUT2D eigenvalue weighted by molar-refractivity contribution is 4.50. The normalized spacial score (nSPS) is 11.2. The van der Waals surface area contributed by atoms with Crippen LogP contribution in [0.5, 0.6) is 0 Å². The van der Waals surface area contributed by atoms with E-state index in [0.29, 0.717) is 0 Å². The predicted molar refractivity (Wildman–Crippen MR) is 110 cm³/mol. The van der Waals surface area contributed by atoms with E-state index in [2.05, 4.69) is 24.7 Å². The third-order valence-electron chi connectivity index (χ3n) is 4.94. The summed E-state index contributed by atoms with van der Waals surface area (Å²) in [6, 6.07) is 0. The van der Waals surface area contributed by atoms with Crippen molar-refractivity contribution in [1.29, 1.82) is 0 Å². The molecule has 2 heteroatoms. The van der Waals surface area contributed by atoms with E-state index in [-0.39, 0.29) is 0 Å². The minimum atomic E-state index is 1.13. The lowest BCUT2D eigenvalue weighted by Crippen LogP contribution is -2.33. The maximum Gasteiger partial charge on any atom is 0.00997 e. The van der Waals surface area contributed by atoms with Gasteiger partial charge in [0.15, 0.2) is 0 Å². The highest BCUT2D eigenvalue weighted by Gasteiger charge is 1.94. The van der Waals surface area contributed by atoms with Crippen molar-refractivity contribution in [2.45, 2.75) is 129 Å². The Balaban J connectivity index is 2.93. The first-order chi connectivity index (χ1) is 11.9. The van der Waals surface area contributed by atoms with Crippen molar-refractivity contribution in [3.8, 4) is 0 Å². The zero-order valence-corrected chi connectivity index (χ0v) is 17.1. The predicted octanol–water partition coefficient (Wildman–Crippen LogP) is 7.14. The van der Waals surface area contributed by atoms with Crippen molar-refractivity contribution < 1.29 is 0 Å². The molecule has 0 aliphatic carbocycles. The van der Waals surface area contributed by atoms with Crippen LogP contribution < -0.4 is 10.9 Å². The van der Waals surface area contributed by atoms with Gasteiger partial charge in [0.25, 0.3) is 0 Å². The quantitative estimate of drug-likeness (QED) is 0.171. The molecular formula is C22H48N2. The molecule has 0 saturated carbocycles. The molecular weight excluding hydrogens is 292 g/mol. The van der Waals surface area contributed by atoms with Gasteiger partial charge in [-0.15, -0.1) is 0 Å². The van der Waals surface area contributed by atoms with Crippen LogP contribution in [0, 0.1) is 0 Å². The second-order valence-electron chi connectivity index (χ2n) is 7.51. The molecule has 0 aliphatic rings. The van der Waals surface area contributed by atoms with E-state index in [4.69, 9.17) is 0 Å². The van der Waals surface area contributed by atoms with Crippen molar-refractivity contribution in [2.75, 3.05) is 13.1 Å². The maximum atomic E-state index is 3.38. The third-order valence-corrected chi connectivity index (χ3v) is 4.94. The van der Waals surface area contributed by atoms with E-state index in [1.54, 1.807) is 0 Å². The van der Waals surface area contributed by atoms with Gasteiger partial charge in [-0.25, -0.2) is 0 Å². The number of hydrogen-bond donors (Lipinski definition) is 2. The first kappa shape index (κ1) is 23.9. The molecule has 24 heavy (non-hydrogen) atoms. The van der Waals surface area contributed by atoms with E-state index in [1.165, 1.54) is 116 Å². The molecule has 0 aromatic carbocycles. The van der Waals surface area contributed by atoms with Crippen LogP contribution in [0.1, 0.15) is 129 Å². The highest BCUT2D eigenvalue weighted by atomic mass is 15.3. The van der Waals surface area contributed by atoms with Crippen LogP contribution in [0.25, 0.3) is 0 Å². The van der Waals surface area contributed by atoms with Crippen molar-refractivity contribution in [1.82, 2.24) is 10.9 Å². The van der Waals surface area contributed by atoms with Crippen molar-refractivity contribution in [3.05, 3.63) is 0 Å². The Morgan fingerprint density at radius 3 is 0.875 bits per heavy atom. The topological polar surface area (TPSA) is 24.1 Å². The summed E-state index contributed by atoms with van der Waals surface area (Å²) in [7, 11) is 0. The van der Waals surface area contributed by atoms with E-state index < -0.39 is 0 Å². The fourth-order valence-corrected chi connectivity index (χ4v) is 3.22. The second kappa shape index (κ2) is 22.9. The molecule has 0 aromatic rings. The smallest absolute Gasteiger partial charge is 0.00997 e.